The first-order valence-electron chi connectivity index (χ1n) is 14.6. The van der Waals surface area contributed by atoms with E-state index in [4.69, 9.17) is 14.7 Å². The third-order valence-corrected chi connectivity index (χ3v) is 7.43. The molecule has 0 aliphatic carbocycles. The Labute approximate surface area is 257 Å². The molecule has 4 aromatic heterocycles. The van der Waals surface area contributed by atoms with E-state index in [9.17, 15) is 14.7 Å². The van der Waals surface area contributed by atoms with Gasteiger partial charge in [-0.05, 0) is 55.5 Å². The number of carboxylic acid groups (broad SMARTS) is 1. The first kappa shape index (κ1) is 30.9. The lowest BCUT2D eigenvalue weighted by Crippen LogP contribution is -2.40. The average molecular weight is 596 g/mol. The summed E-state index contributed by atoms with van der Waals surface area (Å²) in [6, 6.07) is 22.7. The Hall–Kier alpha value is -4.58. The van der Waals surface area contributed by atoms with Crippen LogP contribution >= 0.6 is 0 Å². The summed E-state index contributed by atoms with van der Waals surface area (Å²) in [5, 5.41) is 9.49. The third-order valence-electron chi connectivity index (χ3n) is 7.43. The van der Waals surface area contributed by atoms with Crippen LogP contribution in [0.2, 0.25) is 0 Å². The van der Waals surface area contributed by atoms with Crippen molar-refractivity contribution in [2.75, 3.05) is 33.3 Å². The minimum Gasteiger partial charge on any atom is -0.477 e. The smallest absolute Gasteiger partial charge is 0.356 e. The number of pyridine rings is 4. The molecule has 0 spiro atoms. The Morgan fingerprint density at radius 1 is 0.659 bits per heavy atom. The molecule has 0 saturated carbocycles. The normalized spacial score (nSPS) is 15.2. The number of carbonyl (C=O) groups excluding carboxylic acids is 1. The van der Waals surface area contributed by atoms with Crippen LogP contribution in [0.5, 0.6) is 0 Å². The second-order valence-electron chi connectivity index (χ2n) is 10.9. The maximum atomic E-state index is 12.1. The number of carbonyl (C=O) groups is 2. The number of methoxy groups -OCH3 is 1. The number of rotatable bonds is 8. The van der Waals surface area contributed by atoms with E-state index >= 15 is 0 Å². The van der Waals surface area contributed by atoms with E-state index in [2.05, 4.69) is 30.7 Å². The zero-order valence-corrected chi connectivity index (χ0v) is 25.1. The lowest BCUT2D eigenvalue weighted by atomic mass is 10.2. The van der Waals surface area contributed by atoms with E-state index in [-0.39, 0.29) is 11.4 Å². The molecule has 0 saturated heterocycles. The number of aromatic nitrogens is 4. The summed E-state index contributed by atoms with van der Waals surface area (Å²) < 4.78 is 4.87. The molecule has 1 aliphatic heterocycles. The molecule has 5 rings (SSSR count). The Kier molecular flexibility index (Phi) is 10.3. The highest BCUT2D eigenvalue weighted by Crippen LogP contribution is 2.15. The summed E-state index contributed by atoms with van der Waals surface area (Å²) in [7, 11) is 1.35. The molecule has 4 aromatic rings. The molecule has 0 amide bonds. The van der Waals surface area contributed by atoms with Crippen LogP contribution in [0, 0.1) is 6.92 Å². The molecule has 228 valence electrons. The number of carboxylic acids is 1. The minimum absolute atomic E-state index is 0.0340. The van der Waals surface area contributed by atoms with Crippen molar-refractivity contribution in [3.63, 3.8) is 0 Å². The molecule has 5 heterocycles. The number of aryl methyl sites for hydroxylation is 1. The maximum Gasteiger partial charge on any atom is 0.356 e. The van der Waals surface area contributed by atoms with Crippen LogP contribution in [-0.2, 0) is 37.5 Å². The van der Waals surface area contributed by atoms with Gasteiger partial charge >= 0.3 is 11.9 Å². The molecule has 0 unspecified atom stereocenters. The highest BCUT2D eigenvalue weighted by Gasteiger charge is 2.19. The predicted molar refractivity (Wildman–Crippen MR) is 163 cm³/mol. The summed E-state index contributed by atoms with van der Waals surface area (Å²) in [5.41, 5.74) is 5.68. The van der Waals surface area contributed by atoms with Gasteiger partial charge in [-0.3, -0.25) is 24.7 Å². The fraction of sp³-hybridized carbons (Fsp3) is 0.333. The second-order valence-corrected chi connectivity index (χ2v) is 10.9. The summed E-state index contributed by atoms with van der Waals surface area (Å²) in [4.78, 5) is 49.3. The van der Waals surface area contributed by atoms with Gasteiger partial charge in [0.25, 0.3) is 0 Å². The van der Waals surface area contributed by atoms with Crippen molar-refractivity contribution in [2.45, 2.75) is 39.6 Å². The Morgan fingerprint density at radius 2 is 1.14 bits per heavy atom. The summed E-state index contributed by atoms with van der Waals surface area (Å²) >= 11 is 0. The average Bonchev–Trinajstić information content (AvgIpc) is 3.01. The zero-order chi connectivity index (χ0) is 30.9. The molecule has 44 heavy (non-hydrogen) atoms. The number of esters is 1. The first-order chi connectivity index (χ1) is 21.3. The van der Waals surface area contributed by atoms with Gasteiger partial charge < -0.3 is 9.84 Å². The van der Waals surface area contributed by atoms with Crippen molar-refractivity contribution in [3.05, 3.63) is 118 Å². The van der Waals surface area contributed by atoms with E-state index in [1.807, 2.05) is 55.5 Å². The number of hydrogen-bond donors (Lipinski definition) is 1. The van der Waals surface area contributed by atoms with Crippen molar-refractivity contribution < 1.29 is 19.4 Å². The van der Waals surface area contributed by atoms with Crippen molar-refractivity contribution in [2.24, 2.45) is 0 Å². The van der Waals surface area contributed by atoms with E-state index in [0.717, 1.165) is 41.6 Å². The molecule has 1 aliphatic rings. The SMILES string of the molecule is COC(=O)c1cccc(CN2CCN(Cc3cccc(C(=O)O)n3)CCN(Cc3cccc(C)n3)Cc3cccc(n3)C2)n1. The fourth-order valence-corrected chi connectivity index (χ4v) is 5.27. The quantitative estimate of drug-likeness (QED) is 0.301. The molecule has 2 bridgehead atoms. The van der Waals surface area contributed by atoms with Crippen molar-refractivity contribution in [1.29, 1.82) is 0 Å². The van der Waals surface area contributed by atoms with E-state index < -0.39 is 11.9 Å². The topological polar surface area (TPSA) is 125 Å². The fourth-order valence-electron chi connectivity index (χ4n) is 5.27. The van der Waals surface area contributed by atoms with Gasteiger partial charge in [0, 0.05) is 64.6 Å². The highest BCUT2D eigenvalue weighted by molar-refractivity contribution is 5.87. The van der Waals surface area contributed by atoms with E-state index in [1.165, 1.54) is 13.2 Å². The van der Waals surface area contributed by atoms with Crippen LogP contribution in [0.3, 0.4) is 0 Å². The van der Waals surface area contributed by atoms with Crippen LogP contribution in [0.1, 0.15) is 55.1 Å². The molecule has 0 fully saturated rings. The first-order valence-corrected chi connectivity index (χ1v) is 14.6. The van der Waals surface area contributed by atoms with Crippen LogP contribution in [0.25, 0.3) is 0 Å². The standard InChI is InChI=1S/C33H37N7O4/c1-24-7-3-8-25(34-24)20-39-17-15-38(19-28-11-5-13-30(36-28)32(41)42)16-18-40(22-27-10-4-9-26(21-39)35-27)23-29-12-6-14-31(37-29)33(43)44-2/h3-14H,15-23H2,1-2H3,(H,41,42). The molecule has 1 N–H and O–H groups in total. The molecule has 0 atom stereocenters. The predicted octanol–water partition coefficient (Wildman–Crippen LogP) is 3.58. The third kappa shape index (κ3) is 8.73. The van der Waals surface area contributed by atoms with Crippen molar-refractivity contribution in [1.82, 2.24) is 34.6 Å². The molecule has 11 nitrogen and oxygen atoms in total. The summed E-state index contributed by atoms with van der Waals surface area (Å²) in [5.74, 6) is -1.51. The van der Waals surface area contributed by atoms with Gasteiger partial charge in [-0.25, -0.2) is 19.6 Å². The molecule has 11 heteroatoms. The Balaban J connectivity index is 1.42. The van der Waals surface area contributed by atoms with Crippen LogP contribution in [0.15, 0.2) is 72.8 Å². The lowest BCUT2D eigenvalue weighted by Gasteiger charge is -2.31. The zero-order valence-electron chi connectivity index (χ0n) is 25.1. The van der Waals surface area contributed by atoms with Crippen molar-refractivity contribution in [3.8, 4) is 0 Å². The largest absolute Gasteiger partial charge is 0.477 e. The molecular weight excluding hydrogens is 558 g/mol. The minimum atomic E-state index is -1.04. The number of ether oxygens (including phenoxy) is 1. The molecule has 0 radical (unpaired) electrons. The number of aromatic carboxylic acids is 1. The Morgan fingerprint density at radius 3 is 1.70 bits per heavy atom. The monoisotopic (exact) mass is 595 g/mol. The van der Waals surface area contributed by atoms with Gasteiger partial charge in [0.05, 0.1) is 35.6 Å². The van der Waals surface area contributed by atoms with Crippen molar-refractivity contribution >= 4 is 11.9 Å². The van der Waals surface area contributed by atoms with Gasteiger partial charge in [-0.1, -0.05) is 24.3 Å². The van der Waals surface area contributed by atoms with Crippen LogP contribution in [-0.4, -0.2) is 85.0 Å². The van der Waals surface area contributed by atoms with Gasteiger partial charge in [0.2, 0.25) is 0 Å². The maximum absolute atomic E-state index is 12.1. The van der Waals surface area contributed by atoms with Gasteiger partial charge in [-0.2, -0.15) is 0 Å². The number of nitrogens with zero attached hydrogens (tertiary/aromatic N) is 7. The Bertz CT molecular complexity index is 1600. The summed E-state index contributed by atoms with van der Waals surface area (Å²) in [6.45, 7) is 7.83. The molecule has 0 aromatic carbocycles. The molecular formula is C33H37N7O4. The lowest BCUT2D eigenvalue weighted by molar-refractivity contribution is 0.0592. The highest BCUT2D eigenvalue weighted by atomic mass is 16.5. The van der Waals surface area contributed by atoms with Gasteiger partial charge in [0.15, 0.2) is 0 Å². The number of hydrogen-bond acceptors (Lipinski definition) is 10. The van der Waals surface area contributed by atoms with Crippen LogP contribution in [0.4, 0.5) is 0 Å². The van der Waals surface area contributed by atoms with E-state index in [0.29, 0.717) is 51.5 Å². The summed E-state index contributed by atoms with van der Waals surface area (Å²) in [6.07, 6.45) is 0. The number of fused-ring (bicyclic) bond motifs is 2. The van der Waals surface area contributed by atoms with Gasteiger partial charge in [-0.15, -0.1) is 0 Å². The van der Waals surface area contributed by atoms with E-state index in [1.54, 1.807) is 12.1 Å². The second kappa shape index (κ2) is 14.7. The van der Waals surface area contributed by atoms with Gasteiger partial charge in [0.1, 0.15) is 11.4 Å². The van der Waals surface area contributed by atoms with Crippen LogP contribution < -0.4 is 0 Å².